The summed E-state index contributed by atoms with van der Waals surface area (Å²) in [4.78, 5) is 14.9. The lowest BCUT2D eigenvalue weighted by Crippen LogP contribution is -2.48. The molecule has 0 unspecified atom stereocenters. The number of rotatable bonds is 6. The molecular weight excluding hydrogens is 509 g/mol. The summed E-state index contributed by atoms with van der Waals surface area (Å²) in [6.07, 6.45) is 0. The molecule has 0 bridgehead atoms. The smallest absolute Gasteiger partial charge is 0.255 e. The lowest BCUT2D eigenvalue weighted by Gasteiger charge is -2.36. The molecule has 1 saturated heterocycles. The van der Waals surface area contributed by atoms with Gasteiger partial charge >= 0.3 is 0 Å². The Kier molecular flexibility index (Phi) is 7.56. The van der Waals surface area contributed by atoms with Crippen molar-refractivity contribution in [2.45, 2.75) is 11.8 Å². The van der Waals surface area contributed by atoms with E-state index in [9.17, 15) is 13.2 Å². The van der Waals surface area contributed by atoms with E-state index in [1.807, 2.05) is 25.1 Å². The number of ether oxygens (including phenoxy) is 1. The number of carbonyl (C=O) groups is 1. The molecule has 4 rings (SSSR count). The number of hydrogen-bond donors (Lipinski definition) is 1. The van der Waals surface area contributed by atoms with Crippen LogP contribution in [0.5, 0.6) is 5.75 Å². The van der Waals surface area contributed by atoms with Crippen LogP contribution in [0.2, 0.25) is 10.0 Å². The van der Waals surface area contributed by atoms with E-state index in [1.165, 1.54) is 35.7 Å². The first-order valence-electron chi connectivity index (χ1n) is 11.0. The first-order chi connectivity index (χ1) is 16.7. The first kappa shape index (κ1) is 25.3. The summed E-state index contributed by atoms with van der Waals surface area (Å²) < 4.78 is 33.6. The third-order valence-corrected chi connectivity index (χ3v) is 8.26. The third-order valence-electron chi connectivity index (χ3n) is 5.89. The van der Waals surface area contributed by atoms with Crippen LogP contribution >= 0.6 is 23.2 Å². The molecule has 0 saturated carbocycles. The van der Waals surface area contributed by atoms with Crippen molar-refractivity contribution >= 4 is 50.5 Å². The zero-order valence-corrected chi connectivity index (χ0v) is 21.6. The van der Waals surface area contributed by atoms with Crippen molar-refractivity contribution in [3.63, 3.8) is 0 Å². The Balaban J connectivity index is 1.53. The van der Waals surface area contributed by atoms with Gasteiger partial charge in [-0.15, -0.1) is 0 Å². The monoisotopic (exact) mass is 533 g/mol. The van der Waals surface area contributed by atoms with Crippen molar-refractivity contribution in [2.75, 3.05) is 43.5 Å². The zero-order chi connectivity index (χ0) is 25.2. The molecule has 1 aliphatic rings. The topological polar surface area (TPSA) is 79.0 Å². The van der Waals surface area contributed by atoms with Gasteiger partial charge in [-0.25, -0.2) is 8.42 Å². The molecule has 1 fully saturated rings. The number of sulfonamides is 1. The molecule has 1 N–H and O–H groups in total. The van der Waals surface area contributed by atoms with Crippen LogP contribution in [0.25, 0.3) is 0 Å². The quantitative estimate of drug-likeness (QED) is 0.478. The van der Waals surface area contributed by atoms with E-state index < -0.39 is 15.9 Å². The Hall–Kier alpha value is -2.78. The van der Waals surface area contributed by atoms with Crippen molar-refractivity contribution in [2.24, 2.45) is 0 Å². The summed E-state index contributed by atoms with van der Waals surface area (Å²) in [5.74, 6) is -0.0774. The number of halogens is 2. The van der Waals surface area contributed by atoms with Gasteiger partial charge in [0.25, 0.3) is 5.91 Å². The lowest BCUT2D eigenvalue weighted by molar-refractivity contribution is 0.102. The van der Waals surface area contributed by atoms with Gasteiger partial charge in [0.2, 0.25) is 10.0 Å². The van der Waals surface area contributed by atoms with Crippen LogP contribution in [-0.2, 0) is 10.0 Å². The number of methoxy groups -OCH3 is 1. The molecule has 0 spiro atoms. The third kappa shape index (κ3) is 5.56. The van der Waals surface area contributed by atoms with Crippen LogP contribution in [0.1, 0.15) is 15.9 Å². The molecule has 0 radical (unpaired) electrons. The van der Waals surface area contributed by atoms with Gasteiger partial charge in [0.05, 0.1) is 17.7 Å². The molecule has 1 amide bonds. The fraction of sp³-hybridized carbons (Fsp3) is 0.240. The highest BCUT2D eigenvalue weighted by Gasteiger charge is 2.30. The molecule has 10 heteroatoms. The highest BCUT2D eigenvalue weighted by Crippen LogP contribution is 2.31. The van der Waals surface area contributed by atoms with Gasteiger partial charge in [-0.1, -0.05) is 35.3 Å². The number of piperazine rings is 1. The van der Waals surface area contributed by atoms with Crippen molar-refractivity contribution < 1.29 is 17.9 Å². The molecule has 1 heterocycles. The predicted octanol–water partition coefficient (Wildman–Crippen LogP) is 5.07. The van der Waals surface area contributed by atoms with Crippen LogP contribution in [0.3, 0.4) is 0 Å². The predicted molar refractivity (Wildman–Crippen MR) is 140 cm³/mol. The zero-order valence-electron chi connectivity index (χ0n) is 19.3. The second-order valence-corrected chi connectivity index (χ2v) is 11.0. The largest absolute Gasteiger partial charge is 0.495 e. The molecular formula is C25H25Cl2N3O4S. The summed E-state index contributed by atoms with van der Waals surface area (Å²) in [5.41, 5.74) is 2.69. The van der Waals surface area contributed by atoms with E-state index in [0.29, 0.717) is 47.5 Å². The second kappa shape index (κ2) is 10.5. The SMILES string of the molecule is COc1ccc(S(=O)(=O)N2CCN(c3cc(Cl)ccc3C)CC2)cc1NC(=O)c1cccc(Cl)c1. The van der Waals surface area contributed by atoms with Crippen molar-refractivity contribution in [3.05, 3.63) is 81.8 Å². The number of hydrogen-bond acceptors (Lipinski definition) is 5. The minimum absolute atomic E-state index is 0.0760. The number of nitrogens with one attached hydrogen (secondary N) is 1. The average molecular weight is 534 g/mol. The number of carbonyl (C=O) groups excluding carboxylic acids is 1. The standard InChI is InChI=1S/C25H25Cl2N3O4S/c1-17-6-7-20(27)15-23(17)29-10-12-30(13-11-29)35(32,33)21-8-9-24(34-2)22(16-21)28-25(31)18-4-3-5-19(26)14-18/h3-9,14-16H,10-13H2,1-2H3,(H,28,31). The van der Waals surface area contributed by atoms with Crippen LogP contribution in [0.15, 0.2) is 65.6 Å². The Bertz CT molecular complexity index is 1360. The summed E-state index contributed by atoms with van der Waals surface area (Å²) in [5, 5.41) is 3.80. The van der Waals surface area contributed by atoms with E-state index in [2.05, 4.69) is 10.2 Å². The number of anilines is 2. The van der Waals surface area contributed by atoms with Crippen LogP contribution in [0.4, 0.5) is 11.4 Å². The maximum Gasteiger partial charge on any atom is 0.255 e. The number of benzene rings is 3. The summed E-state index contributed by atoms with van der Waals surface area (Å²) in [7, 11) is -2.33. The lowest BCUT2D eigenvalue weighted by atomic mass is 10.1. The van der Waals surface area contributed by atoms with Crippen LogP contribution < -0.4 is 15.0 Å². The van der Waals surface area contributed by atoms with Gasteiger partial charge in [-0.2, -0.15) is 4.31 Å². The molecule has 3 aromatic rings. The molecule has 0 atom stereocenters. The van der Waals surface area contributed by atoms with Gasteiger partial charge in [0, 0.05) is 47.5 Å². The van der Waals surface area contributed by atoms with Crippen molar-refractivity contribution in [1.82, 2.24) is 4.31 Å². The summed E-state index contributed by atoms with van der Waals surface area (Å²) >= 11 is 12.1. The maximum atomic E-state index is 13.4. The summed E-state index contributed by atoms with van der Waals surface area (Å²) in [6, 6.07) is 16.6. The highest BCUT2D eigenvalue weighted by atomic mass is 35.5. The summed E-state index contributed by atoms with van der Waals surface area (Å²) in [6.45, 7) is 3.73. The van der Waals surface area contributed by atoms with Crippen molar-refractivity contribution in [1.29, 1.82) is 0 Å². The van der Waals surface area contributed by atoms with Crippen molar-refractivity contribution in [3.8, 4) is 5.75 Å². The first-order valence-corrected chi connectivity index (χ1v) is 13.1. The number of aryl methyl sites for hydroxylation is 1. The number of amides is 1. The molecule has 3 aromatic carbocycles. The van der Waals surface area contributed by atoms with E-state index in [-0.39, 0.29) is 10.6 Å². The average Bonchev–Trinajstić information content (AvgIpc) is 2.85. The normalized spacial score (nSPS) is 14.6. The van der Waals surface area contributed by atoms with Crippen LogP contribution in [-0.4, -0.2) is 51.9 Å². The van der Waals surface area contributed by atoms with Gasteiger partial charge < -0.3 is 15.0 Å². The Morgan fingerprint density at radius 2 is 1.66 bits per heavy atom. The molecule has 35 heavy (non-hydrogen) atoms. The Morgan fingerprint density at radius 3 is 2.34 bits per heavy atom. The van der Waals surface area contributed by atoms with Gasteiger partial charge in [0.1, 0.15) is 5.75 Å². The van der Waals surface area contributed by atoms with E-state index >= 15 is 0 Å². The maximum absolute atomic E-state index is 13.4. The molecule has 0 aromatic heterocycles. The van der Waals surface area contributed by atoms with Gasteiger partial charge in [-0.3, -0.25) is 4.79 Å². The number of nitrogens with zero attached hydrogens (tertiary/aromatic N) is 2. The minimum Gasteiger partial charge on any atom is -0.495 e. The van der Waals surface area contributed by atoms with E-state index in [4.69, 9.17) is 27.9 Å². The van der Waals surface area contributed by atoms with E-state index in [1.54, 1.807) is 18.2 Å². The molecule has 1 aliphatic heterocycles. The fourth-order valence-corrected chi connectivity index (χ4v) is 5.82. The Labute approximate surface area is 215 Å². The highest BCUT2D eigenvalue weighted by molar-refractivity contribution is 7.89. The second-order valence-electron chi connectivity index (χ2n) is 8.15. The minimum atomic E-state index is -3.79. The van der Waals surface area contributed by atoms with Gasteiger partial charge in [-0.05, 0) is 61.0 Å². The van der Waals surface area contributed by atoms with Gasteiger partial charge in [0.15, 0.2) is 0 Å². The fourth-order valence-electron chi connectivity index (χ4n) is 4.01. The van der Waals surface area contributed by atoms with E-state index in [0.717, 1.165) is 11.3 Å². The molecule has 7 nitrogen and oxygen atoms in total. The van der Waals surface area contributed by atoms with Crippen LogP contribution in [0, 0.1) is 6.92 Å². The molecule has 184 valence electrons. The molecule has 0 aliphatic carbocycles. The Morgan fingerprint density at radius 1 is 0.943 bits per heavy atom.